The molecule has 9 heteroatoms. The van der Waals surface area contributed by atoms with Crippen molar-refractivity contribution in [3.63, 3.8) is 0 Å². The van der Waals surface area contributed by atoms with Crippen molar-refractivity contribution >= 4 is 28.6 Å². The minimum absolute atomic E-state index is 0.256. The lowest BCUT2D eigenvalue weighted by Crippen LogP contribution is -2.34. The largest absolute Gasteiger partial charge is 0.456 e. The van der Waals surface area contributed by atoms with E-state index in [2.05, 4.69) is 32.4 Å². The Morgan fingerprint density at radius 3 is 2.87 bits per heavy atom. The van der Waals surface area contributed by atoms with Gasteiger partial charge in [0.05, 0.1) is 23.8 Å². The van der Waals surface area contributed by atoms with Crippen LogP contribution in [0.2, 0.25) is 5.02 Å². The Hall–Kier alpha value is -2.39. The summed E-state index contributed by atoms with van der Waals surface area (Å²) in [4.78, 5) is 12.0. The van der Waals surface area contributed by atoms with Gasteiger partial charge in [0.15, 0.2) is 11.8 Å². The van der Waals surface area contributed by atoms with E-state index in [1.165, 1.54) is 5.56 Å². The van der Waals surface area contributed by atoms with Gasteiger partial charge in [0.2, 0.25) is 0 Å². The predicted octanol–water partition coefficient (Wildman–Crippen LogP) is 2.56. The molecule has 30 heavy (non-hydrogen) atoms. The molecule has 2 aromatic heterocycles. The number of H-pyrrole nitrogens is 1. The number of aliphatic hydroxyl groups excluding tert-OH is 1. The Morgan fingerprint density at radius 2 is 2.00 bits per heavy atom. The lowest BCUT2D eigenvalue weighted by Gasteiger charge is -2.15. The van der Waals surface area contributed by atoms with Crippen LogP contribution in [-0.4, -0.2) is 64.2 Å². The van der Waals surface area contributed by atoms with Crippen LogP contribution in [0.1, 0.15) is 12.0 Å². The monoisotopic (exact) mass is 430 g/mol. The van der Waals surface area contributed by atoms with E-state index < -0.39 is 6.10 Å². The summed E-state index contributed by atoms with van der Waals surface area (Å²) in [5.74, 6) is 0.599. The van der Waals surface area contributed by atoms with Crippen molar-refractivity contribution in [2.45, 2.75) is 37.3 Å². The molecule has 5 rings (SSSR count). The highest BCUT2D eigenvalue weighted by Crippen LogP contribution is 2.30. The molecule has 0 unspecified atom stereocenters. The Labute approximate surface area is 178 Å². The first-order valence-electron chi connectivity index (χ1n) is 10.1. The van der Waals surface area contributed by atoms with Crippen molar-refractivity contribution in [2.24, 2.45) is 0 Å². The molecule has 2 saturated heterocycles. The second-order valence-electron chi connectivity index (χ2n) is 7.57. The van der Waals surface area contributed by atoms with E-state index in [4.69, 9.17) is 25.8 Å². The van der Waals surface area contributed by atoms with E-state index in [9.17, 15) is 5.11 Å². The van der Waals surface area contributed by atoms with Crippen molar-refractivity contribution in [1.82, 2.24) is 15.0 Å². The number of ether oxygens (including phenoxy) is 3. The molecule has 4 atom stereocenters. The molecule has 2 aliphatic rings. The van der Waals surface area contributed by atoms with Crippen LogP contribution in [0, 0.1) is 0 Å². The average molecular weight is 431 g/mol. The molecule has 158 valence electrons. The molecule has 2 aliphatic heterocycles. The number of hydrogen-bond donors (Lipinski definition) is 3. The molecule has 4 heterocycles. The minimum atomic E-state index is -0.615. The van der Waals surface area contributed by atoms with Gasteiger partial charge in [-0.3, -0.25) is 0 Å². The van der Waals surface area contributed by atoms with Gasteiger partial charge in [0, 0.05) is 6.54 Å². The maximum atomic E-state index is 9.85. The summed E-state index contributed by atoms with van der Waals surface area (Å²) in [6.45, 7) is 1.35. The van der Waals surface area contributed by atoms with Gasteiger partial charge >= 0.3 is 0 Å². The zero-order chi connectivity index (χ0) is 20.5. The number of aliphatic hydroxyl groups is 1. The smallest absolute Gasteiger partial charge is 0.296 e. The zero-order valence-electron chi connectivity index (χ0n) is 16.3. The van der Waals surface area contributed by atoms with E-state index in [0.717, 1.165) is 19.4 Å². The maximum absolute atomic E-state index is 9.85. The number of hydrogen-bond acceptors (Lipinski definition) is 7. The van der Waals surface area contributed by atoms with Crippen molar-refractivity contribution in [3.05, 3.63) is 47.0 Å². The van der Waals surface area contributed by atoms with E-state index in [-0.39, 0.29) is 24.9 Å². The number of aryl methyl sites for hydroxylation is 1. The number of nitrogens with zero attached hydrogens (tertiary/aromatic N) is 2. The number of pyridine rings is 1. The Balaban J connectivity index is 1.22. The molecule has 0 amide bonds. The van der Waals surface area contributed by atoms with Crippen molar-refractivity contribution in [2.75, 3.05) is 25.1 Å². The number of rotatable bonds is 7. The summed E-state index contributed by atoms with van der Waals surface area (Å²) in [5, 5.41) is 13.7. The van der Waals surface area contributed by atoms with Gasteiger partial charge in [0.25, 0.3) is 6.01 Å². The molecule has 3 N–H and O–H groups in total. The number of aromatic nitrogens is 3. The van der Waals surface area contributed by atoms with Crippen molar-refractivity contribution < 1.29 is 19.3 Å². The fourth-order valence-corrected chi connectivity index (χ4v) is 4.13. The summed E-state index contributed by atoms with van der Waals surface area (Å²) in [7, 11) is 0. The maximum Gasteiger partial charge on any atom is 0.296 e. The van der Waals surface area contributed by atoms with Gasteiger partial charge in [-0.05, 0) is 24.5 Å². The third kappa shape index (κ3) is 3.96. The second kappa shape index (κ2) is 8.39. The highest BCUT2D eigenvalue weighted by atomic mass is 35.5. The quantitative estimate of drug-likeness (QED) is 0.495. The lowest BCUT2D eigenvalue weighted by atomic mass is 10.1. The predicted molar refractivity (Wildman–Crippen MR) is 112 cm³/mol. The highest BCUT2D eigenvalue weighted by Gasteiger charge is 2.48. The Bertz CT molecular complexity index is 1010. The first-order valence-corrected chi connectivity index (χ1v) is 10.5. The fraction of sp³-hybridized carbons (Fsp3) is 0.429. The standard InChI is InChI=1S/C21H23ClN4O4/c22-13-9-14-20(25-19(13)23-8-4-7-12-5-2-1-3-6-12)26-21(24-14)30-16-11-29-17-15(27)10-28-18(16)17/h1-3,5-6,9,15-18,27H,4,7-8,10-11H2,(H2,23,24,25,26)/t15-,16-,17-,18-/m1/s1. The van der Waals surface area contributed by atoms with Crippen LogP contribution in [0.3, 0.4) is 0 Å². The summed E-state index contributed by atoms with van der Waals surface area (Å²) >= 11 is 6.39. The average Bonchev–Trinajstić information content (AvgIpc) is 3.43. The zero-order valence-corrected chi connectivity index (χ0v) is 17.0. The fourth-order valence-electron chi connectivity index (χ4n) is 3.91. The summed E-state index contributed by atoms with van der Waals surface area (Å²) in [5.41, 5.74) is 2.51. The first kappa shape index (κ1) is 19.6. The van der Waals surface area contributed by atoms with Gasteiger partial charge in [-0.2, -0.15) is 4.98 Å². The molecular weight excluding hydrogens is 408 g/mol. The molecule has 0 aliphatic carbocycles. The molecule has 8 nitrogen and oxygen atoms in total. The molecule has 1 aromatic carbocycles. The SMILES string of the molecule is O[C@@H]1CO[C@H]2[C@@H]1OC[C@H]2Oc1nc2nc(NCCCc3ccccc3)c(Cl)cc2[nH]1. The number of benzene rings is 1. The summed E-state index contributed by atoms with van der Waals surface area (Å²) in [6.07, 6.45) is 0.348. The molecule has 0 bridgehead atoms. The van der Waals surface area contributed by atoms with Crippen molar-refractivity contribution in [3.8, 4) is 6.01 Å². The third-order valence-corrected chi connectivity index (χ3v) is 5.72. The molecule has 0 saturated carbocycles. The number of anilines is 1. The Kier molecular flexibility index (Phi) is 5.47. The molecular formula is C21H23ClN4O4. The van der Waals surface area contributed by atoms with Crippen LogP contribution in [0.5, 0.6) is 6.01 Å². The van der Waals surface area contributed by atoms with Gasteiger partial charge in [-0.25, -0.2) is 4.98 Å². The van der Waals surface area contributed by atoms with Crippen LogP contribution in [0.25, 0.3) is 11.2 Å². The molecule has 3 aromatic rings. The van der Waals surface area contributed by atoms with E-state index >= 15 is 0 Å². The topological polar surface area (TPSA) is 102 Å². The number of halogens is 1. The van der Waals surface area contributed by atoms with E-state index in [1.54, 1.807) is 6.07 Å². The van der Waals surface area contributed by atoms with Crippen LogP contribution >= 0.6 is 11.6 Å². The van der Waals surface area contributed by atoms with E-state index in [1.807, 2.05) is 18.2 Å². The van der Waals surface area contributed by atoms with Gasteiger partial charge < -0.3 is 29.6 Å². The summed E-state index contributed by atoms with van der Waals surface area (Å²) < 4.78 is 17.1. The third-order valence-electron chi connectivity index (χ3n) is 5.43. The van der Waals surface area contributed by atoms with Gasteiger partial charge in [-0.1, -0.05) is 41.9 Å². The Morgan fingerprint density at radius 1 is 1.17 bits per heavy atom. The second-order valence-corrected chi connectivity index (χ2v) is 7.97. The molecule has 0 radical (unpaired) electrons. The normalized spacial score (nSPS) is 25.5. The minimum Gasteiger partial charge on any atom is -0.456 e. The van der Waals surface area contributed by atoms with Crippen LogP contribution in [-0.2, 0) is 15.9 Å². The van der Waals surface area contributed by atoms with Gasteiger partial charge in [-0.15, -0.1) is 0 Å². The number of imidazole rings is 1. The number of fused-ring (bicyclic) bond motifs is 2. The first-order chi connectivity index (χ1) is 14.7. The van der Waals surface area contributed by atoms with Crippen LogP contribution in [0.15, 0.2) is 36.4 Å². The highest BCUT2D eigenvalue weighted by molar-refractivity contribution is 6.33. The molecule has 2 fully saturated rings. The number of aromatic amines is 1. The summed E-state index contributed by atoms with van der Waals surface area (Å²) in [6, 6.07) is 12.5. The molecule has 0 spiro atoms. The van der Waals surface area contributed by atoms with E-state index in [0.29, 0.717) is 34.6 Å². The van der Waals surface area contributed by atoms with Crippen LogP contribution in [0.4, 0.5) is 5.82 Å². The van der Waals surface area contributed by atoms with Crippen molar-refractivity contribution in [1.29, 1.82) is 0 Å². The number of nitrogens with one attached hydrogen (secondary N) is 2. The van der Waals surface area contributed by atoms with Gasteiger partial charge in [0.1, 0.15) is 24.1 Å². The van der Waals surface area contributed by atoms with Crippen LogP contribution < -0.4 is 10.1 Å². The lowest BCUT2D eigenvalue weighted by molar-refractivity contribution is 0.00706.